The number of hydrogen-bond acceptors (Lipinski definition) is 7. The highest BCUT2D eigenvalue weighted by atomic mass is 32.2. The number of aromatic nitrogens is 2. The van der Waals surface area contributed by atoms with Crippen LogP contribution in [0.3, 0.4) is 0 Å². The van der Waals surface area contributed by atoms with E-state index in [1.807, 2.05) is 11.9 Å². The third-order valence-electron chi connectivity index (χ3n) is 4.32. The molecule has 8 nitrogen and oxygen atoms in total. The minimum Gasteiger partial charge on any atom is -0.478 e. The van der Waals surface area contributed by atoms with Gasteiger partial charge in [-0.15, -0.1) is 0 Å². The molecule has 1 aliphatic heterocycles. The van der Waals surface area contributed by atoms with Crippen molar-refractivity contribution in [3.05, 3.63) is 41.7 Å². The Bertz CT molecular complexity index is 946. The first-order valence-electron chi connectivity index (χ1n) is 8.13. The third-order valence-corrected chi connectivity index (χ3v) is 6.07. The number of nitrogens with zero attached hydrogens (tertiary/aromatic N) is 3. The summed E-state index contributed by atoms with van der Waals surface area (Å²) in [6, 6.07) is 8.04. The molecule has 2 N–H and O–H groups in total. The third kappa shape index (κ3) is 4.10. The molecule has 26 heavy (non-hydrogen) atoms. The van der Waals surface area contributed by atoms with E-state index in [0.717, 1.165) is 0 Å². The van der Waals surface area contributed by atoms with Crippen LogP contribution in [0.25, 0.3) is 0 Å². The Kier molecular flexibility index (Phi) is 4.82. The lowest BCUT2D eigenvalue weighted by atomic mass is 10.2. The van der Waals surface area contributed by atoms with Gasteiger partial charge in [0.2, 0.25) is 0 Å². The molecule has 1 saturated heterocycles. The van der Waals surface area contributed by atoms with E-state index in [0.29, 0.717) is 29.6 Å². The lowest BCUT2D eigenvalue weighted by Crippen LogP contribution is -2.33. The number of benzene rings is 1. The van der Waals surface area contributed by atoms with Crippen LogP contribution in [-0.4, -0.2) is 54.1 Å². The molecule has 1 atom stereocenters. The van der Waals surface area contributed by atoms with Crippen molar-refractivity contribution < 1.29 is 18.3 Å². The summed E-state index contributed by atoms with van der Waals surface area (Å²) in [5.41, 5.74) is 0.773. The van der Waals surface area contributed by atoms with Gasteiger partial charge in [0.05, 0.1) is 17.1 Å². The van der Waals surface area contributed by atoms with Crippen LogP contribution in [0.5, 0.6) is 0 Å². The number of carboxylic acids is 1. The summed E-state index contributed by atoms with van der Waals surface area (Å²) >= 11 is 0. The fourth-order valence-electron chi connectivity index (χ4n) is 2.94. The summed E-state index contributed by atoms with van der Waals surface area (Å²) in [6.45, 7) is 1.75. The molecule has 0 amide bonds. The van der Waals surface area contributed by atoms with Crippen LogP contribution in [0.1, 0.15) is 22.6 Å². The summed E-state index contributed by atoms with van der Waals surface area (Å²) in [4.78, 5) is 21.7. The van der Waals surface area contributed by atoms with E-state index in [1.165, 1.54) is 12.1 Å². The van der Waals surface area contributed by atoms with Crippen molar-refractivity contribution in [3.8, 4) is 0 Å². The largest absolute Gasteiger partial charge is 0.478 e. The zero-order valence-electron chi connectivity index (χ0n) is 14.5. The minimum atomic E-state index is -2.99. The maximum absolute atomic E-state index is 11.7. The summed E-state index contributed by atoms with van der Waals surface area (Å²) in [7, 11) is -1.16. The average molecular weight is 376 g/mol. The summed E-state index contributed by atoms with van der Waals surface area (Å²) < 4.78 is 23.4. The highest BCUT2D eigenvalue weighted by Crippen LogP contribution is 2.24. The first-order chi connectivity index (χ1) is 12.2. The smallest absolute Gasteiger partial charge is 0.335 e. The average Bonchev–Trinajstić information content (AvgIpc) is 2.94. The van der Waals surface area contributed by atoms with E-state index in [2.05, 4.69) is 15.3 Å². The molecule has 138 valence electrons. The van der Waals surface area contributed by atoms with Crippen LogP contribution in [0, 0.1) is 6.92 Å². The van der Waals surface area contributed by atoms with Gasteiger partial charge in [-0.2, -0.15) is 0 Å². The van der Waals surface area contributed by atoms with Crippen molar-refractivity contribution in [2.45, 2.75) is 19.4 Å². The molecule has 1 aromatic heterocycles. The maximum Gasteiger partial charge on any atom is 0.335 e. The van der Waals surface area contributed by atoms with Crippen molar-refractivity contribution in [2.75, 3.05) is 28.8 Å². The molecule has 1 unspecified atom stereocenters. The van der Waals surface area contributed by atoms with E-state index in [9.17, 15) is 13.2 Å². The number of carbonyl (C=O) groups is 1. The van der Waals surface area contributed by atoms with E-state index in [1.54, 1.807) is 25.1 Å². The van der Waals surface area contributed by atoms with Gasteiger partial charge in [0.15, 0.2) is 9.84 Å². The fraction of sp³-hybridized carbons (Fsp3) is 0.353. The zero-order chi connectivity index (χ0) is 18.9. The first kappa shape index (κ1) is 18.1. The van der Waals surface area contributed by atoms with Crippen LogP contribution >= 0.6 is 0 Å². The number of rotatable bonds is 5. The number of carboxylic acid groups (broad SMARTS) is 1. The van der Waals surface area contributed by atoms with Crippen molar-refractivity contribution >= 4 is 33.1 Å². The molecule has 0 radical (unpaired) electrons. The highest BCUT2D eigenvalue weighted by molar-refractivity contribution is 7.91. The van der Waals surface area contributed by atoms with Crippen molar-refractivity contribution in [1.29, 1.82) is 0 Å². The molecule has 0 saturated carbocycles. The standard InChI is InChI=1S/C17H20N4O4S/c1-11-18-15(20-13-5-3-4-12(8-13)17(22)23)9-16(19-11)21(2)14-6-7-26(24,25)10-14/h3-5,8-9,14H,6-7,10H2,1-2H3,(H,22,23)(H,18,19,20). The number of nitrogens with one attached hydrogen (secondary N) is 1. The van der Waals surface area contributed by atoms with E-state index in [-0.39, 0.29) is 23.1 Å². The molecule has 3 rings (SSSR count). The molecule has 2 heterocycles. The Hall–Kier alpha value is -2.68. The summed E-state index contributed by atoms with van der Waals surface area (Å²) in [5.74, 6) is 0.983. The van der Waals surface area contributed by atoms with Gasteiger partial charge >= 0.3 is 5.97 Å². The lowest BCUT2D eigenvalue weighted by molar-refractivity contribution is 0.0697. The molecule has 0 spiro atoms. The van der Waals surface area contributed by atoms with Crippen LogP contribution in [0.2, 0.25) is 0 Å². The summed E-state index contributed by atoms with van der Waals surface area (Å²) in [6.07, 6.45) is 0.575. The number of aromatic carboxylic acids is 1. The number of anilines is 3. The Morgan fingerprint density at radius 1 is 1.31 bits per heavy atom. The van der Waals surface area contributed by atoms with Gasteiger partial charge in [-0.25, -0.2) is 23.2 Å². The van der Waals surface area contributed by atoms with Crippen LogP contribution in [0.4, 0.5) is 17.3 Å². The molecule has 2 aromatic rings. The minimum absolute atomic E-state index is 0.113. The Morgan fingerprint density at radius 2 is 2.08 bits per heavy atom. The number of sulfone groups is 1. The quantitative estimate of drug-likeness (QED) is 0.813. The van der Waals surface area contributed by atoms with Crippen LogP contribution < -0.4 is 10.2 Å². The lowest BCUT2D eigenvalue weighted by Gasteiger charge is -2.25. The van der Waals surface area contributed by atoms with Crippen molar-refractivity contribution in [3.63, 3.8) is 0 Å². The van der Waals surface area contributed by atoms with Gasteiger partial charge in [-0.3, -0.25) is 0 Å². The molecule has 1 aromatic carbocycles. The van der Waals surface area contributed by atoms with Gasteiger partial charge in [-0.05, 0) is 31.5 Å². The van der Waals surface area contributed by atoms with Crippen molar-refractivity contribution in [2.24, 2.45) is 0 Å². The zero-order valence-corrected chi connectivity index (χ0v) is 15.3. The topological polar surface area (TPSA) is 112 Å². The van der Waals surface area contributed by atoms with Gasteiger partial charge in [0, 0.05) is 24.8 Å². The van der Waals surface area contributed by atoms with E-state index in [4.69, 9.17) is 5.11 Å². The molecule has 1 aliphatic rings. The van der Waals surface area contributed by atoms with Crippen LogP contribution in [0.15, 0.2) is 30.3 Å². The monoisotopic (exact) mass is 376 g/mol. The fourth-order valence-corrected chi connectivity index (χ4v) is 4.72. The van der Waals surface area contributed by atoms with Crippen LogP contribution in [-0.2, 0) is 9.84 Å². The predicted molar refractivity (Wildman–Crippen MR) is 98.9 cm³/mol. The molecular formula is C17H20N4O4S. The Balaban J connectivity index is 1.84. The van der Waals surface area contributed by atoms with Gasteiger partial charge in [0.1, 0.15) is 17.5 Å². The Labute approximate surface area is 151 Å². The van der Waals surface area contributed by atoms with Crippen molar-refractivity contribution in [1.82, 2.24) is 9.97 Å². The summed E-state index contributed by atoms with van der Waals surface area (Å²) in [5, 5.41) is 12.2. The predicted octanol–water partition coefficient (Wildman–Crippen LogP) is 1.85. The maximum atomic E-state index is 11.7. The SMILES string of the molecule is Cc1nc(Nc2cccc(C(=O)O)c2)cc(N(C)C2CCS(=O)(=O)C2)n1. The number of aryl methyl sites for hydroxylation is 1. The second-order valence-corrected chi connectivity index (χ2v) is 8.57. The molecule has 0 bridgehead atoms. The molecule has 0 aliphatic carbocycles. The molecule has 1 fully saturated rings. The van der Waals surface area contributed by atoms with E-state index < -0.39 is 15.8 Å². The van der Waals surface area contributed by atoms with E-state index >= 15 is 0 Å². The number of hydrogen-bond donors (Lipinski definition) is 2. The van der Waals surface area contributed by atoms with Gasteiger partial charge in [0.25, 0.3) is 0 Å². The second-order valence-electron chi connectivity index (χ2n) is 6.34. The van der Waals surface area contributed by atoms with Gasteiger partial charge in [-0.1, -0.05) is 6.07 Å². The van der Waals surface area contributed by atoms with Gasteiger partial charge < -0.3 is 15.3 Å². The highest BCUT2D eigenvalue weighted by Gasteiger charge is 2.31. The molecular weight excluding hydrogens is 356 g/mol. The molecule has 9 heteroatoms. The normalized spacial score (nSPS) is 18.5. The Morgan fingerprint density at radius 3 is 2.73 bits per heavy atom. The first-order valence-corrected chi connectivity index (χ1v) is 9.95. The second kappa shape index (κ2) is 6.91.